The van der Waals surface area contributed by atoms with Crippen molar-refractivity contribution in [1.82, 2.24) is 19.7 Å². The van der Waals surface area contributed by atoms with Crippen molar-refractivity contribution < 1.29 is 14.0 Å². The molecule has 2 aromatic rings. The lowest BCUT2D eigenvalue weighted by atomic mass is 10.1. The Morgan fingerprint density at radius 1 is 1.11 bits per heavy atom. The van der Waals surface area contributed by atoms with Gasteiger partial charge in [0.15, 0.2) is 5.58 Å². The van der Waals surface area contributed by atoms with Gasteiger partial charge in [-0.25, -0.2) is 4.79 Å². The van der Waals surface area contributed by atoms with Crippen LogP contribution in [0.1, 0.15) is 27.2 Å². The Morgan fingerprint density at radius 2 is 1.79 bits per heavy atom. The molecule has 1 fully saturated rings. The Balaban J connectivity index is 1.48. The molecule has 1 N–H and O–H groups in total. The molecule has 8 nitrogen and oxygen atoms in total. The summed E-state index contributed by atoms with van der Waals surface area (Å²) in [5, 5.41) is 2.95. The second kappa shape index (κ2) is 8.18. The van der Waals surface area contributed by atoms with Gasteiger partial charge >= 0.3 is 5.76 Å². The second-order valence-corrected chi connectivity index (χ2v) is 8.19. The van der Waals surface area contributed by atoms with E-state index in [1.807, 2.05) is 39.0 Å². The van der Waals surface area contributed by atoms with Crippen molar-refractivity contribution in [2.45, 2.75) is 39.3 Å². The van der Waals surface area contributed by atoms with E-state index in [0.29, 0.717) is 50.4 Å². The summed E-state index contributed by atoms with van der Waals surface area (Å²) in [5.41, 5.74) is 0.988. The van der Waals surface area contributed by atoms with Gasteiger partial charge in [-0.1, -0.05) is 12.1 Å². The Hall–Kier alpha value is -2.61. The van der Waals surface area contributed by atoms with Crippen LogP contribution < -0.4 is 11.1 Å². The first-order valence-corrected chi connectivity index (χ1v) is 9.62. The second-order valence-electron chi connectivity index (χ2n) is 8.19. The third-order valence-corrected chi connectivity index (χ3v) is 4.73. The van der Waals surface area contributed by atoms with E-state index in [4.69, 9.17) is 4.42 Å². The average Bonchev–Trinajstić information content (AvgIpc) is 2.93. The summed E-state index contributed by atoms with van der Waals surface area (Å²) < 4.78 is 6.70. The van der Waals surface area contributed by atoms with E-state index >= 15 is 0 Å². The number of amides is 2. The van der Waals surface area contributed by atoms with E-state index in [0.717, 1.165) is 0 Å². The van der Waals surface area contributed by atoms with Crippen LogP contribution >= 0.6 is 0 Å². The molecule has 28 heavy (non-hydrogen) atoms. The average molecular weight is 388 g/mol. The number of carbonyl (C=O) groups is 2. The van der Waals surface area contributed by atoms with Gasteiger partial charge in [-0.3, -0.25) is 19.1 Å². The summed E-state index contributed by atoms with van der Waals surface area (Å²) in [7, 11) is 0. The van der Waals surface area contributed by atoms with E-state index in [1.165, 1.54) is 4.57 Å². The van der Waals surface area contributed by atoms with E-state index in [1.54, 1.807) is 11.0 Å². The fourth-order valence-electron chi connectivity index (χ4n) is 3.41. The molecule has 0 atom stereocenters. The summed E-state index contributed by atoms with van der Waals surface area (Å²) in [4.78, 5) is 40.4. The van der Waals surface area contributed by atoms with E-state index in [2.05, 4.69) is 10.2 Å². The number of rotatable bonds is 5. The highest BCUT2D eigenvalue weighted by atomic mass is 16.4. The lowest BCUT2D eigenvalue weighted by Gasteiger charge is -2.35. The molecular weight excluding hydrogens is 360 g/mol. The van der Waals surface area contributed by atoms with Crippen LogP contribution in [-0.2, 0) is 16.1 Å². The number of oxazole rings is 1. The van der Waals surface area contributed by atoms with Crippen LogP contribution in [0.2, 0.25) is 0 Å². The minimum Gasteiger partial charge on any atom is -0.408 e. The highest BCUT2D eigenvalue weighted by molar-refractivity contribution is 5.79. The van der Waals surface area contributed by atoms with Crippen molar-refractivity contribution in [1.29, 1.82) is 0 Å². The van der Waals surface area contributed by atoms with E-state index in [9.17, 15) is 14.4 Å². The molecule has 0 bridgehead atoms. The number of aryl methyl sites for hydroxylation is 1. The van der Waals surface area contributed by atoms with Crippen molar-refractivity contribution in [3.63, 3.8) is 0 Å². The van der Waals surface area contributed by atoms with Gasteiger partial charge in [0, 0.05) is 44.7 Å². The number of hydrogen-bond acceptors (Lipinski definition) is 5. The van der Waals surface area contributed by atoms with Crippen LogP contribution in [0.5, 0.6) is 0 Å². The summed E-state index contributed by atoms with van der Waals surface area (Å²) in [5.74, 6) is -0.432. The first kappa shape index (κ1) is 20.1. The van der Waals surface area contributed by atoms with Crippen molar-refractivity contribution in [3.8, 4) is 0 Å². The predicted octanol–water partition coefficient (Wildman–Crippen LogP) is 1.04. The molecule has 1 saturated heterocycles. The van der Waals surface area contributed by atoms with Crippen LogP contribution in [0.15, 0.2) is 33.5 Å². The van der Waals surface area contributed by atoms with Crippen molar-refractivity contribution in [2.75, 3.05) is 32.7 Å². The highest BCUT2D eigenvalue weighted by Gasteiger charge is 2.24. The fraction of sp³-hybridized carbons (Fsp3) is 0.550. The summed E-state index contributed by atoms with van der Waals surface area (Å²) in [6, 6.07) is 7.20. The van der Waals surface area contributed by atoms with Gasteiger partial charge in [0.1, 0.15) is 0 Å². The SMILES string of the molecule is CC(C)(C)NC(=O)CN1CCN(C(=O)CCn2c(=O)oc3ccccc32)CC1. The van der Waals surface area contributed by atoms with Crippen LogP contribution in [0.4, 0.5) is 0 Å². The van der Waals surface area contributed by atoms with Gasteiger partial charge < -0.3 is 14.6 Å². The lowest BCUT2D eigenvalue weighted by Crippen LogP contribution is -2.52. The molecule has 1 aliphatic heterocycles. The molecule has 0 radical (unpaired) electrons. The molecule has 3 rings (SSSR count). The molecule has 2 amide bonds. The number of fused-ring (bicyclic) bond motifs is 1. The summed E-state index contributed by atoms with van der Waals surface area (Å²) >= 11 is 0. The van der Waals surface area contributed by atoms with Gasteiger partial charge in [0.25, 0.3) is 0 Å². The van der Waals surface area contributed by atoms with Gasteiger partial charge in [0.05, 0.1) is 12.1 Å². The van der Waals surface area contributed by atoms with Gasteiger partial charge in [-0.2, -0.15) is 0 Å². The maximum Gasteiger partial charge on any atom is 0.419 e. The molecule has 0 unspecified atom stereocenters. The van der Waals surface area contributed by atoms with Crippen LogP contribution in [0.25, 0.3) is 11.1 Å². The van der Waals surface area contributed by atoms with Crippen LogP contribution in [-0.4, -0.2) is 64.4 Å². The van der Waals surface area contributed by atoms with Crippen LogP contribution in [0.3, 0.4) is 0 Å². The molecule has 1 aromatic carbocycles. The highest BCUT2D eigenvalue weighted by Crippen LogP contribution is 2.13. The number of nitrogens with one attached hydrogen (secondary N) is 1. The maximum atomic E-state index is 12.5. The number of carbonyl (C=O) groups excluding carboxylic acids is 2. The smallest absolute Gasteiger partial charge is 0.408 e. The summed E-state index contributed by atoms with van der Waals surface area (Å²) in [6.07, 6.45) is 0.244. The Bertz CT molecular complexity index is 901. The summed E-state index contributed by atoms with van der Waals surface area (Å²) in [6.45, 7) is 9.00. The topological polar surface area (TPSA) is 87.8 Å². The zero-order valence-electron chi connectivity index (χ0n) is 16.7. The number of nitrogens with zero attached hydrogens (tertiary/aromatic N) is 3. The fourth-order valence-corrected chi connectivity index (χ4v) is 3.41. The maximum absolute atomic E-state index is 12.5. The molecule has 0 saturated carbocycles. The third-order valence-electron chi connectivity index (χ3n) is 4.73. The number of piperazine rings is 1. The zero-order valence-corrected chi connectivity index (χ0v) is 16.7. The monoisotopic (exact) mass is 388 g/mol. The molecule has 8 heteroatoms. The van der Waals surface area contributed by atoms with Gasteiger partial charge in [-0.15, -0.1) is 0 Å². The number of hydrogen-bond donors (Lipinski definition) is 1. The first-order chi connectivity index (χ1) is 13.2. The molecule has 2 heterocycles. The zero-order chi connectivity index (χ0) is 20.3. The lowest BCUT2D eigenvalue weighted by molar-refractivity contribution is -0.133. The molecular formula is C20H28N4O4. The number of aromatic nitrogens is 1. The van der Waals surface area contributed by atoms with Crippen molar-refractivity contribution >= 4 is 22.9 Å². The minimum absolute atomic E-state index is 0.00140. The van der Waals surface area contributed by atoms with Gasteiger partial charge in [-0.05, 0) is 32.9 Å². The van der Waals surface area contributed by atoms with Gasteiger partial charge in [0.2, 0.25) is 11.8 Å². The quantitative estimate of drug-likeness (QED) is 0.827. The number of benzene rings is 1. The molecule has 0 aliphatic carbocycles. The largest absolute Gasteiger partial charge is 0.419 e. The van der Waals surface area contributed by atoms with E-state index < -0.39 is 5.76 Å². The Labute approximate surface area is 164 Å². The van der Waals surface area contributed by atoms with Crippen LogP contribution in [0, 0.1) is 0 Å². The molecule has 152 valence electrons. The van der Waals surface area contributed by atoms with Crippen molar-refractivity contribution in [3.05, 3.63) is 34.8 Å². The Kier molecular flexibility index (Phi) is 5.88. The molecule has 1 aliphatic rings. The third kappa shape index (κ3) is 5.01. The predicted molar refractivity (Wildman–Crippen MR) is 106 cm³/mol. The molecule has 1 aromatic heterocycles. The standard InChI is InChI=1S/C20H28N4O4/c1-20(2,3)21-17(25)14-22-10-12-23(13-11-22)18(26)8-9-24-15-6-4-5-7-16(15)28-19(24)27/h4-7H,8-14H2,1-3H3,(H,21,25). The first-order valence-electron chi connectivity index (χ1n) is 9.62. The minimum atomic E-state index is -0.441. The number of para-hydroxylation sites is 2. The normalized spacial score (nSPS) is 15.8. The molecule has 0 spiro atoms. The van der Waals surface area contributed by atoms with Crippen molar-refractivity contribution in [2.24, 2.45) is 0 Å². The Morgan fingerprint density at radius 3 is 2.46 bits per heavy atom. The van der Waals surface area contributed by atoms with E-state index in [-0.39, 0.29) is 23.8 Å².